The zero-order valence-electron chi connectivity index (χ0n) is 10.8. The van der Waals surface area contributed by atoms with E-state index in [-0.39, 0.29) is 0 Å². The Morgan fingerprint density at radius 3 is 2.47 bits per heavy atom. The van der Waals surface area contributed by atoms with Crippen LogP contribution in [0.25, 0.3) is 0 Å². The molecule has 3 heteroatoms. The van der Waals surface area contributed by atoms with Gasteiger partial charge in [-0.2, -0.15) is 0 Å². The average Bonchev–Trinajstić information content (AvgIpc) is 2.42. The van der Waals surface area contributed by atoms with Crippen LogP contribution >= 0.6 is 15.9 Å². The van der Waals surface area contributed by atoms with Gasteiger partial charge < -0.3 is 9.84 Å². The Kier molecular flexibility index (Phi) is 5.14. The zero-order chi connectivity index (χ0) is 13.7. The van der Waals surface area contributed by atoms with Crippen molar-refractivity contribution in [2.24, 2.45) is 0 Å². The Labute approximate surface area is 122 Å². The highest BCUT2D eigenvalue weighted by Gasteiger charge is 2.12. The van der Waals surface area contributed by atoms with Crippen molar-refractivity contribution in [3.63, 3.8) is 0 Å². The molecule has 0 fully saturated rings. The third-order valence-corrected chi connectivity index (χ3v) is 3.58. The predicted molar refractivity (Wildman–Crippen MR) is 80.0 cm³/mol. The Morgan fingerprint density at radius 2 is 1.79 bits per heavy atom. The fraction of sp³-hybridized carbons (Fsp3) is 0.250. The minimum absolute atomic E-state index is 0.507. The van der Waals surface area contributed by atoms with Crippen molar-refractivity contribution in [1.82, 2.24) is 0 Å². The SMILES string of the molecule is COCc1ccccc1C(O)Cc1ccc(Br)cc1. The summed E-state index contributed by atoms with van der Waals surface area (Å²) in [6.45, 7) is 0.521. The summed E-state index contributed by atoms with van der Waals surface area (Å²) in [5, 5.41) is 10.4. The molecule has 0 bridgehead atoms. The van der Waals surface area contributed by atoms with E-state index in [2.05, 4.69) is 15.9 Å². The first-order valence-electron chi connectivity index (χ1n) is 6.20. The summed E-state index contributed by atoms with van der Waals surface area (Å²) in [4.78, 5) is 0. The minimum atomic E-state index is -0.507. The van der Waals surface area contributed by atoms with E-state index in [4.69, 9.17) is 4.74 Å². The molecule has 0 heterocycles. The van der Waals surface area contributed by atoms with Gasteiger partial charge in [-0.15, -0.1) is 0 Å². The van der Waals surface area contributed by atoms with Gasteiger partial charge in [-0.05, 0) is 28.8 Å². The van der Waals surface area contributed by atoms with Gasteiger partial charge in [-0.3, -0.25) is 0 Å². The van der Waals surface area contributed by atoms with E-state index in [1.807, 2.05) is 48.5 Å². The number of ether oxygens (including phenoxy) is 1. The van der Waals surface area contributed by atoms with Crippen LogP contribution in [0.15, 0.2) is 53.0 Å². The largest absolute Gasteiger partial charge is 0.388 e. The number of rotatable bonds is 5. The first kappa shape index (κ1) is 14.3. The molecule has 0 aliphatic carbocycles. The van der Waals surface area contributed by atoms with Crippen molar-refractivity contribution < 1.29 is 9.84 Å². The summed E-state index contributed by atoms with van der Waals surface area (Å²) in [7, 11) is 1.66. The molecule has 2 aromatic rings. The van der Waals surface area contributed by atoms with E-state index in [9.17, 15) is 5.11 Å². The van der Waals surface area contributed by atoms with Gasteiger partial charge in [0, 0.05) is 18.0 Å². The fourth-order valence-corrected chi connectivity index (χ4v) is 2.36. The van der Waals surface area contributed by atoms with Gasteiger partial charge in [0.1, 0.15) is 0 Å². The summed E-state index contributed by atoms with van der Waals surface area (Å²) in [6, 6.07) is 15.9. The van der Waals surface area contributed by atoms with E-state index in [0.29, 0.717) is 13.0 Å². The van der Waals surface area contributed by atoms with Crippen LogP contribution in [0.1, 0.15) is 22.8 Å². The lowest BCUT2D eigenvalue weighted by Gasteiger charge is -2.15. The lowest BCUT2D eigenvalue weighted by Crippen LogP contribution is -2.06. The van der Waals surface area contributed by atoms with E-state index >= 15 is 0 Å². The molecular formula is C16H17BrO2. The summed E-state index contributed by atoms with van der Waals surface area (Å²) in [5.74, 6) is 0. The number of methoxy groups -OCH3 is 1. The molecular weight excluding hydrogens is 304 g/mol. The number of aliphatic hydroxyl groups excluding tert-OH is 1. The number of halogens is 1. The number of hydrogen-bond donors (Lipinski definition) is 1. The topological polar surface area (TPSA) is 29.5 Å². The van der Waals surface area contributed by atoms with Crippen LogP contribution in [-0.2, 0) is 17.8 Å². The Bertz CT molecular complexity index is 523. The summed E-state index contributed by atoms with van der Waals surface area (Å²) >= 11 is 3.41. The fourth-order valence-electron chi connectivity index (χ4n) is 2.10. The van der Waals surface area contributed by atoms with Gasteiger partial charge in [-0.1, -0.05) is 52.3 Å². The number of hydrogen-bond acceptors (Lipinski definition) is 2. The third-order valence-electron chi connectivity index (χ3n) is 3.06. The Morgan fingerprint density at radius 1 is 1.11 bits per heavy atom. The van der Waals surface area contributed by atoms with Crippen molar-refractivity contribution >= 4 is 15.9 Å². The molecule has 2 rings (SSSR count). The van der Waals surface area contributed by atoms with E-state index in [1.54, 1.807) is 7.11 Å². The standard InChI is InChI=1S/C16H17BrO2/c1-19-11-13-4-2-3-5-15(13)16(18)10-12-6-8-14(17)9-7-12/h2-9,16,18H,10-11H2,1H3. The van der Waals surface area contributed by atoms with Crippen LogP contribution in [0.3, 0.4) is 0 Å². The van der Waals surface area contributed by atoms with E-state index in [0.717, 1.165) is 21.2 Å². The molecule has 0 radical (unpaired) electrons. The lowest BCUT2D eigenvalue weighted by molar-refractivity contribution is 0.161. The predicted octanol–water partition coefficient (Wildman–Crippen LogP) is 3.87. The first-order valence-corrected chi connectivity index (χ1v) is 6.99. The van der Waals surface area contributed by atoms with Crippen LogP contribution in [0.4, 0.5) is 0 Å². The second kappa shape index (κ2) is 6.85. The molecule has 0 spiro atoms. The summed E-state index contributed by atoms with van der Waals surface area (Å²) in [6.07, 6.45) is 0.0982. The molecule has 1 atom stereocenters. The van der Waals surface area contributed by atoms with Crippen LogP contribution in [0.2, 0.25) is 0 Å². The van der Waals surface area contributed by atoms with Crippen LogP contribution in [-0.4, -0.2) is 12.2 Å². The normalized spacial score (nSPS) is 12.4. The minimum Gasteiger partial charge on any atom is -0.388 e. The Hall–Kier alpha value is -1.16. The molecule has 0 amide bonds. The third kappa shape index (κ3) is 3.90. The van der Waals surface area contributed by atoms with Gasteiger partial charge in [0.25, 0.3) is 0 Å². The molecule has 1 N–H and O–H groups in total. The Balaban J connectivity index is 2.15. The highest BCUT2D eigenvalue weighted by atomic mass is 79.9. The smallest absolute Gasteiger partial charge is 0.0833 e. The van der Waals surface area contributed by atoms with Gasteiger partial charge >= 0.3 is 0 Å². The number of aliphatic hydroxyl groups is 1. The van der Waals surface area contributed by atoms with Gasteiger partial charge in [0.05, 0.1) is 12.7 Å². The second-order valence-corrected chi connectivity index (χ2v) is 5.39. The maximum Gasteiger partial charge on any atom is 0.0833 e. The molecule has 2 nitrogen and oxygen atoms in total. The molecule has 0 aliphatic heterocycles. The maximum atomic E-state index is 10.4. The first-order chi connectivity index (χ1) is 9.20. The molecule has 100 valence electrons. The molecule has 19 heavy (non-hydrogen) atoms. The quantitative estimate of drug-likeness (QED) is 0.906. The monoisotopic (exact) mass is 320 g/mol. The molecule has 0 saturated heterocycles. The lowest BCUT2D eigenvalue weighted by atomic mass is 9.97. The molecule has 0 aromatic heterocycles. The van der Waals surface area contributed by atoms with Crippen molar-refractivity contribution in [2.75, 3.05) is 7.11 Å². The van der Waals surface area contributed by atoms with E-state index < -0.39 is 6.10 Å². The summed E-state index contributed by atoms with van der Waals surface area (Å²) < 4.78 is 6.21. The molecule has 2 aromatic carbocycles. The number of benzene rings is 2. The van der Waals surface area contributed by atoms with Crippen molar-refractivity contribution in [3.8, 4) is 0 Å². The zero-order valence-corrected chi connectivity index (χ0v) is 12.4. The second-order valence-electron chi connectivity index (χ2n) is 4.48. The van der Waals surface area contributed by atoms with Gasteiger partial charge in [0.2, 0.25) is 0 Å². The average molecular weight is 321 g/mol. The van der Waals surface area contributed by atoms with Crippen LogP contribution < -0.4 is 0 Å². The highest BCUT2D eigenvalue weighted by Crippen LogP contribution is 2.23. The highest BCUT2D eigenvalue weighted by molar-refractivity contribution is 9.10. The van der Waals surface area contributed by atoms with Crippen molar-refractivity contribution in [1.29, 1.82) is 0 Å². The van der Waals surface area contributed by atoms with Gasteiger partial charge in [-0.25, -0.2) is 0 Å². The van der Waals surface area contributed by atoms with Crippen molar-refractivity contribution in [2.45, 2.75) is 19.1 Å². The molecule has 0 aliphatic rings. The summed E-state index contributed by atoms with van der Waals surface area (Å²) in [5.41, 5.74) is 3.09. The van der Waals surface area contributed by atoms with Gasteiger partial charge in [0.15, 0.2) is 0 Å². The van der Waals surface area contributed by atoms with Crippen molar-refractivity contribution in [3.05, 3.63) is 69.7 Å². The van der Waals surface area contributed by atoms with Crippen LogP contribution in [0, 0.1) is 0 Å². The maximum absolute atomic E-state index is 10.4. The molecule has 0 saturated carbocycles. The molecule has 1 unspecified atom stereocenters. The van der Waals surface area contributed by atoms with Crippen LogP contribution in [0.5, 0.6) is 0 Å². The van der Waals surface area contributed by atoms with E-state index in [1.165, 1.54) is 0 Å².